The van der Waals surface area contributed by atoms with Crippen molar-refractivity contribution in [1.29, 1.82) is 0 Å². The van der Waals surface area contributed by atoms with Gasteiger partial charge in [-0.2, -0.15) is 0 Å². The lowest BCUT2D eigenvalue weighted by molar-refractivity contribution is -0.380. The second-order valence-electron chi connectivity index (χ2n) is 6.99. The number of allylic oxidation sites excluding steroid dienone is 1. The Labute approximate surface area is 173 Å². The Morgan fingerprint density at radius 3 is 2.34 bits per heavy atom. The van der Waals surface area contributed by atoms with Crippen molar-refractivity contribution in [3.63, 3.8) is 0 Å². The maximum Gasteiger partial charge on any atom is 0.324 e. The molecule has 0 atom stereocenters. The molecule has 0 N–H and O–H groups in total. The van der Waals surface area contributed by atoms with E-state index in [1.54, 1.807) is 15.9 Å². The summed E-state index contributed by atoms with van der Waals surface area (Å²) in [6, 6.07) is 13.0. The highest BCUT2D eigenvalue weighted by Gasteiger charge is 2.26. The number of aryl methyl sites for hydroxylation is 1. The molecule has 0 bridgehead atoms. The van der Waals surface area contributed by atoms with Crippen LogP contribution in [0.3, 0.4) is 0 Å². The van der Waals surface area contributed by atoms with Crippen molar-refractivity contribution in [3.05, 3.63) is 74.7 Å². The third-order valence-corrected chi connectivity index (χ3v) is 5.91. The highest BCUT2D eigenvalue weighted by Crippen LogP contribution is 2.25. The molecule has 1 saturated heterocycles. The molecule has 1 fully saturated rings. The molecular weight excluding hydrogens is 390 g/mol. The number of benzene rings is 1. The van der Waals surface area contributed by atoms with Gasteiger partial charge in [-0.05, 0) is 31.4 Å². The highest BCUT2D eigenvalue weighted by molar-refractivity contribution is 7.17. The lowest BCUT2D eigenvalue weighted by atomic mass is 10.1. The van der Waals surface area contributed by atoms with Crippen LogP contribution in [-0.2, 0) is 11.2 Å². The summed E-state index contributed by atoms with van der Waals surface area (Å²) in [7, 11) is 0. The Kier molecular flexibility index (Phi) is 6.77. The zero-order valence-corrected chi connectivity index (χ0v) is 17.1. The molecule has 0 unspecified atom stereocenters. The number of rotatable bonds is 6. The van der Waals surface area contributed by atoms with E-state index in [0.717, 1.165) is 29.8 Å². The largest absolute Gasteiger partial charge is 0.336 e. The third kappa shape index (κ3) is 5.51. The summed E-state index contributed by atoms with van der Waals surface area (Å²) in [5.41, 5.74) is 2.27. The van der Waals surface area contributed by atoms with E-state index in [4.69, 9.17) is 0 Å². The van der Waals surface area contributed by atoms with Gasteiger partial charge in [0.2, 0.25) is 5.91 Å². The van der Waals surface area contributed by atoms with Gasteiger partial charge in [0, 0.05) is 38.3 Å². The number of hydrogen-bond acceptors (Lipinski definition) is 5. The summed E-state index contributed by atoms with van der Waals surface area (Å²) >= 11 is 0.882. The molecule has 8 heteroatoms. The van der Waals surface area contributed by atoms with Crippen molar-refractivity contribution in [3.8, 4) is 0 Å². The first-order valence-corrected chi connectivity index (χ1v) is 10.3. The van der Waals surface area contributed by atoms with Crippen LogP contribution in [0.15, 0.2) is 54.1 Å². The van der Waals surface area contributed by atoms with Gasteiger partial charge in [-0.1, -0.05) is 47.2 Å². The first-order chi connectivity index (χ1) is 13.9. The van der Waals surface area contributed by atoms with Crippen LogP contribution in [0.5, 0.6) is 0 Å². The van der Waals surface area contributed by atoms with E-state index in [-0.39, 0.29) is 16.8 Å². The van der Waals surface area contributed by atoms with Crippen LogP contribution in [0.1, 0.15) is 28.6 Å². The molecule has 0 spiro atoms. The Hall–Kier alpha value is -3.00. The van der Waals surface area contributed by atoms with Gasteiger partial charge in [0.05, 0.1) is 9.80 Å². The zero-order valence-electron chi connectivity index (χ0n) is 16.2. The molecule has 1 aliphatic rings. The molecule has 1 aromatic carbocycles. The van der Waals surface area contributed by atoms with Crippen LogP contribution in [0.2, 0.25) is 0 Å². The van der Waals surface area contributed by atoms with Gasteiger partial charge in [-0.3, -0.25) is 19.7 Å². The number of carbonyl (C=O) groups is 2. The molecule has 0 aliphatic carbocycles. The van der Waals surface area contributed by atoms with E-state index in [9.17, 15) is 19.7 Å². The number of thiophene rings is 1. The minimum absolute atomic E-state index is 0.0329. The van der Waals surface area contributed by atoms with Crippen LogP contribution in [0.4, 0.5) is 5.00 Å². The summed E-state index contributed by atoms with van der Waals surface area (Å²) in [5.74, 6) is -0.251. The van der Waals surface area contributed by atoms with Crippen molar-refractivity contribution in [1.82, 2.24) is 9.80 Å². The van der Waals surface area contributed by atoms with E-state index in [1.165, 1.54) is 17.7 Å². The molecule has 2 heterocycles. The summed E-state index contributed by atoms with van der Waals surface area (Å²) < 4.78 is 0. The number of amides is 2. The van der Waals surface area contributed by atoms with E-state index >= 15 is 0 Å². The monoisotopic (exact) mass is 413 g/mol. The lowest BCUT2D eigenvalue weighted by Crippen LogP contribution is -2.50. The van der Waals surface area contributed by atoms with Gasteiger partial charge < -0.3 is 9.80 Å². The van der Waals surface area contributed by atoms with Gasteiger partial charge in [0.15, 0.2) is 0 Å². The smallest absolute Gasteiger partial charge is 0.324 e. The van der Waals surface area contributed by atoms with Crippen molar-refractivity contribution >= 4 is 28.2 Å². The molecule has 2 amide bonds. The lowest BCUT2D eigenvalue weighted by Gasteiger charge is -2.34. The number of hydrogen-bond donors (Lipinski definition) is 0. The summed E-state index contributed by atoms with van der Waals surface area (Å²) in [6.45, 7) is 3.73. The van der Waals surface area contributed by atoms with E-state index < -0.39 is 4.92 Å². The molecule has 0 radical (unpaired) electrons. The fourth-order valence-electron chi connectivity index (χ4n) is 3.19. The van der Waals surface area contributed by atoms with E-state index in [1.807, 2.05) is 25.1 Å². The third-order valence-electron chi connectivity index (χ3n) is 4.88. The Morgan fingerprint density at radius 1 is 1.07 bits per heavy atom. The predicted molar refractivity (Wildman–Crippen MR) is 112 cm³/mol. The van der Waals surface area contributed by atoms with Crippen molar-refractivity contribution in [2.75, 3.05) is 26.2 Å². The summed E-state index contributed by atoms with van der Waals surface area (Å²) in [6.07, 6.45) is 3.40. The predicted octanol–water partition coefficient (Wildman–Crippen LogP) is 3.52. The average Bonchev–Trinajstić information content (AvgIpc) is 3.23. The number of carbonyl (C=O) groups excluding carboxylic acids is 2. The van der Waals surface area contributed by atoms with Gasteiger partial charge >= 0.3 is 5.00 Å². The quantitative estimate of drug-likeness (QED) is 0.412. The Morgan fingerprint density at radius 2 is 1.72 bits per heavy atom. The van der Waals surface area contributed by atoms with E-state index in [2.05, 4.69) is 12.1 Å². The standard InChI is InChI=1S/C21H23N3O4S/c1-16(7-8-17-5-3-2-4-6-17)15-19(25)22-11-13-23(14-12-22)21(26)18-9-10-20(29-18)24(27)28/h2-6,9-10,15H,7-8,11-14H2,1H3/b16-15-. The highest BCUT2D eigenvalue weighted by atomic mass is 32.1. The Balaban J connectivity index is 1.49. The maximum atomic E-state index is 12.5. The molecule has 1 aromatic heterocycles. The topological polar surface area (TPSA) is 83.8 Å². The fourth-order valence-corrected chi connectivity index (χ4v) is 3.98. The van der Waals surface area contributed by atoms with Crippen LogP contribution in [0.25, 0.3) is 0 Å². The first-order valence-electron chi connectivity index (χ1n) is 9.47. The number of piperazine rings is 1. The van der Waals surface area contributed by atoms with Crippen molar-refractivity contribution in [2.45, 2.75) is 19.8 Å². The summed E-state index contributed by atoms with van der Waals surface area (Å²) in [4.78, 5) is 39.1. The SMILES string of the molecule is C/C(=C/C(=O)N1CCN(C(=O)c2ccc([N+](=O)[O-])s2)CC1)CCc1ccccc1. The van der Waals surface area contributed by atoms with Crippen molar-refractivity contribution < 1.29 is 14.5 Å². The number of nitrogens with zero attached hydrogens (tertiary/aromatic N) is 3. The second kappa shape index (κ2) is 9.47. The average molecular weight is 413 g/mol. The normalized spacial score (nSPS) is 14.7. The minimum atomic E-state index is -0.496. The molecule has 2 aromatic rings. The minimum Gasteiger partial charge on any atom is -0.336 e. The first kappa shape index (κ1) is 20.7. The molecule has 29 heavy (non-hydrogen) atoms. The van der Waals surface area contributed by atoms with Crippen LogP contribution < -0.4 is 0 Å². The Bertz CT molecular complexity index is 915. The van der Waals surface area contributed by atoms with Gasteiger partial charge in [0.1, 0.15) is 0 Å². The van der Waals surface area contributed by atoms with Crippen LogP contribution in [-0.4, -0.2) is 52.7 Å². The van der Waals surface area contributed by atoms with Crippen LogP contribution in [0, 0.1) is 10.1 Å². The zero-order chi connectivity index (χ0) is 20.8. The van der Waals surface area contributed by atoms with E-state index in [0.29, 0.717) is 31.1 Å². The molecule has 3 rings (SSSR count). The molecule has 1 aliphatic heterocycles. The van der Waals surface area contributed by atoms with Crippen LogP contribution >= 0.6 is 11.3 Å². The maximum absolute atomic E-state index is 12.5. The van der Waals surface area contributed by atoms with Crippen molar-refractivity contribution in [2.24, 2.45) is 0 Å². The van der Waals surface area contributed by atoms with Gasteiger partial charge in [-0.15, -0.1) is 0 Å². The molecular formula is C21H23N3O4S. The molecule has 152 valence electrons. The molecule has 0 saturated carbocycles. The fraction of sp³-hybridized carbons (Fsp3) is 0.333. The van der Waals surface area contributed by atoms with Gasteiger partial charge in [0.25, 0.3) is 5.91 Å². The molecule has 7 nitrogen and oxygen atoms in total. The number of nitro groups is 1. The summed E-state index contributed by atoms with van der Waals surface area (Å²) in [5, 5.41) is 10.7. The van der Waals surface area contributed by atoms with Gasteiger partial charge in [-0.25, -0.2) is 0 Å². The second-order valence-corrected chi connectivity index (χ2v) is 8.05.